The normalized spacial score (nSPS) is 15.6. The molecule has 4 aromatic carbocycles. The number of halogens is 1. The fourth-order valence-corrected chi connectivity index (χ4v) is 9.94. The molecule has 0 aromatic heterocycles. The summed E-state index contributed by atoms with van der Waals surface area (Å²) < 4.78 is 29.2. The molecule has 0 bridgehead atoms. The molecule has 12 nitrogen and oxygen atoms in total. The van der Waals surface area contributed by atoms with Gasteiger partial charge >= 0.3 is 0 Å². The average Bonchev–Trinajstić information content (AvgIpc) is 3.22. The molecule has 1 heterocycles. The van der Waals surface area contributed by atoms with E-state index in [0.717, 1.165) is 73.3 Å². The number of primary amides is 1. The number of rotatable bonds is 17. The summed E-state index contributed by atoms with van der Waals surface area (Å²) in [5.41, 5.74) is 10.2. The number of allylic oxidation sites excluding steroid dienone is 1. The van der Waals surface area contributed by atoms with Gasteiger partial charge in [0, 0.05) is 71.3 Å². The minimum Gasteiger partial charge on any atom is -0.369 e. The Morgan fingerprint density at radius 3 is 2.27 bits per heavy atom. The van der Waals surface area contributed by atoms with Crippen LogP contribution in [-0.2, 0) is 16.4 Å². The summed E-state index contributed by atoms with van der Waals surface area (Å²) in [7, 11) is -0.795. The third-order valence-corrected chi connectivity index (χ3v) is 13.8. The molecule has 6 rings (SSSR count). The van der Waals surface area contributed by atoms with E-state index in [0.29, 0.717) is 18.7 Å². The molecule has 3 N–H and O–H groups in total. The molecule has 15 heteroatoms. The van der Waals surface area contributed by atoms with Gasteiger partial charge in [0.2, 0.25) is 5.91 Å². The highest BCUT2D eigenvalue weighted by molar-refractivity contribution is 7.99. The van der Waals surface area contributed by atoms with Gasteiger partial charge in [-0.15, -0.1) is 11.8 Å². The maximum atomic E-state index is 13.6. The Morgan fingerprint density at radius 1 is 0.949 bits per heavy atom. The second-order valence-corrected chi connectivity index (χ2v) is 18.6. The summed E-state index contributed by atoms with van der Waals surface area (Å²) in [6.07, 6.45) is 5.35. The van der Waals surface area contributed by atoms with Crippen LogP contribution in [-0.4, -0.2) is 94.1 Å². The van der Waals surface area contributed by atoms with Gasteiger partial charge < -0.3 is 15.5 Å². The smallest absolute Gasteiger partial charge is 0.274 e. The van der Waals surface area contributed by atoms with E-state index < -0.39 is 37.3 Å². The van der Waals surface area contributed by atoms with Crippen molar-refractivity contribution in [2.45, 2.75) is 48.3 Å². The highest BCUT2D eigenvalue weighted by Crippen LogP contribution is 2.35. The molecule has 0 saturated carbocycles. The molecule has 1 saturated heterocycles. The standard InChI is InChI=1S/C44H51ClN6O6S2/c1-48(2)21-20-31(30-58-37-9-4-3-5-10-37)26-40-41(43(46)52)27-38(28-42(40)51(54)55)59(56,57)47-44(53)33-14-18-36(19-15-33)50-24-22-49(23-25-50)29-34-8-6-7-11-39(34)32-12-16-35(45)17-13-32/h3-5,9-10,12-19,27-28,31H,6-8,11,20-26,29-30H2,1-2H3,(H2,46,52)(H,47,53)/t31-/m0/s1. The topological polar surface area (TPSA) is 159 Å². The van der Waals surface area contributed by atoms with E-state index in [-0.39, 0.29) is 29.0 Å². The Kier molecular flexibility index (Phi) is 14.9. The number of hydrogen-bond donors (Lipinski definition) is 2. The molecule has 0 unspecified atom stereocenters. The number of amides is 2. The molecule has 4 aromatic rings. The third-order valence-electron chi connectivity index (χ3n) is 11.0. The Bertz CT molecular complexity index is 2230. The van der Waals surface area contributed by atoms with Crippen LogP contribution in [0.25, 0.3) is 5.57 Å². The minimum absolute atomic E-state index is 0.0652. The molecule has 1 aliphatic heterocycles. The van der Waals surface area contributed by atoms with Crippen LogP contribution in [0.4, 0.5) is 11.4 Å². The zero-order chi connectivity index (χ0) is 42.1. The van der Waals surface area contributed by atoms with E-state index in [4.69, 9.17) is 17.3 Å². The monoisotopic (exact) mass is 858 g/mol. The van der Waals surface area contributed by atoms with Crippen molar-refractivity contribution in [1.29, 1.82) is 0 Å². The maximum Gasteiger partial charge on any atom is 0.274 e. The van der Waals surface area contributed by atoms with Crippen molar-refractivity contribution in [3.8, 4) is 0 Å². The number of nitrogens with two attached hydrogens (primary N) is 1. The zero-order valence-corrected chi connectivity index (χ0v) is 35.8. The van der Waals surface area contributed by atoms with Gasteiger partial charge in [-0.1, -0.05) is 47.5 Å². The Balaban J connectivity index is 1.11. The van der Waals surface area contributed by atoms with Gasteiger partial charge in [-0.05, 0) is 131 Å². The molecule has 1 fully saturated rings. The van der Waals surface area contributed by atoms with Crippen molar-refractivity contribution in [3.63, 3.8) is 0 Å². The number of carbonyl (C=O) groups excluding carboxylic acids is 2. The number of nitro benzene ring substituents is 1. The molecule has 1 aliphatic carbocycles. The summed E-state index contributed by atoms with van der Waals surface area (Å²) in [5, 5.41) is 13.2. The van der Waals surface area contributed by atoms with Crippen LogP contribution in [0.5, 0.6) is 0 Å². The van der Waals surface area contributed by atoms with Gasteiger partial charge in [-0.3, -0.25) is 24.6 Å². The molecule has 0 spiro atoms. The van der Waals surface area contributed by atoms with Gasteiger partial charge in [0.25, 0.3) is 21.6 Å². The lowest BCUT2D eigenvalue weighted by Crippen LogP contribution is -2.47. The van der Waals surface area contributed by atoms with Gasteiger partial charge in [-0.2, -0.15) is 0 Å². The number of nitrogens with zero attached hydrogens (tertiary/aromatic N) is 4. The largest absolute Gasteiger partial charge is 0.369 e. The van der Waals surface area contributed by atoms with E-state index in [1.54, 1.807) is 36.0 Å². The SMILES string of the molecule is CN(C)CC[C@H](CSc1ccccc1)Cc1c(C(N)=O)cc(S(=O)(=O)NC(=O)c2ccc(N3CCN(CC4=C(c5ccc(Cl)cc5)CCCC4)CC3)cc2)cc1[N+](=O)[O-]. The van der Waals surface area contributed by atoms with Crippen LogP contribution >= 0.6 is 23.4 Å². The fourth-order valence-electron chi connectivity index (χ4n) is 7.73. The zero-order valence-electron chi connectivity index (χ0n) is 33.4. The van der Waals surface area contributed by atoms with Crippen molar-refractivity contribution >= 4 is 62.1 Å². The number of hydrogen-bond acceptors (Lipinski definition) is 10. The number of nitro groups is 1. The van der Waals surface area contributed by atoms with Crippen LogP contribution in [0.15, 0.2) is 106 Å². The first-order chi connectivity index (χ1) is 28.3. The number of piperazine rings is 1. The van der Waals surface area contributed by atoms with E-state index in [2.05, 4.69) is 21.9 Å². The summed E-state index contributed by atoms with van der Waals surface area (Å²) in [5.74, 6) is -1.42. The number of carbonyl (C=O) groups is 2. The lowest BCUT2D eigenvalue weighted by atomic mass is 9.87. The van der Waals surface area contributed by atoms with Gasteiger partial charge in [0.1, 0.15) is 0 Å². The van der Waals surface area contributed by atoms with Crippen molar-refractivity contribution in [3.05, 3.63) is 134 Å². The van der Waals surface area contributed by atoms with Crippen LogP contribution in [0, 0.1) is 16.0 Å². The molecule has 312 valence electrons. The Hall–Kier alpha value is -4.73. The molecule has 2 aliphatic rings. The van der Waals surface area contributed by atoms with Crippen molar-refractivity contribution in [2.24, 2.45) is 11.7 Å². The van der Waals surface area contributed by atoms with E-state index in [1.165, 1.54) is 29.6 Å². The number of benzene rings is 4. The number of anilines is 1. The predicted octanol–water partition coefficient (Wildman–Crippen LogP) is 7.52. The average molecular weight is 860 g/mol. The Labute approximate surface area is 356 Å². The molecule has 0 radical (unpaired) electrons. The number of thioether (sulfide) groups is 1. The highest BCUT2D eigenvalue weighted by Gasteiger charge is 2.30. The van der Waals surface area contributed by atoms with E-state index in [9.17, 15) is 28.1 Å². The first-order valence-corrected chi connectivity index (χ1v) is 22.7. The molecular weight excluding hydrogens is 808 g/mol. The van der Waals surface area contributed by atoms with Crippen LogP contribution in [0.1, 0.15) is 63.9 Å². The van der Waals surface area contributed by atoms with Crippen molar-refractivity contribution < 1.29 is 22.9 Å². The third kappa shape index (κ3) is 11.7. The molecular formula is C44H51ClN6O6S2. The van der Waals surface area contributed by atoms with E-state index >= 15 is 0 Å². The van der Waals surface area contributed by atoms with Crippen LogP contribution in [0.3, 0.4) is 0 Å². The second kappa shape index (κ2) is 20.0. The first kappa shape index (κ1) is 43.8. The predicted molar refractivity (Wildman–Crippen MR) is 236 cm³/mol. The van der Waals surface area contributed by atoms with Crippen LogP contribution < -0.4 is 15.4 Å². The number of sulfonamides is 1. The molecule has 1 atom stereocenters. The van der Waals surface area contributed by atoms with Gasteiger partial charge in [0.05, 0.1) is 15.4 Å². The second-order valence-electron chi connectivity index (χ2n) is 15.4. The van der Waals surface area contributed by atoms with Crippen molar-refractivity contribution in [1.82, 2.24) is 14.5 Å². The quantitative estimate of drug-likeness (QED) is 0.0618. The van der Waals surface area contributed by atoms with Crippen molar-refractivity contribution in [2.75, 3.05) is 64.0 Å². The van der Waals surface area contributed by atoms with Gasteiger partial charge in [0.15, 0.2) is 0 Å². The summed E-state index contributed by atoms with van der Waals surface area (Å²) >= 11 is 7.75. The summed E-state index contributed by atoms with van der Waals surface area (Å²) in [6.45, 7) is 4.96. The lowest BCUT2D eigenvalue weighted by molar-refractivity contribution is -0.385. The summed E-state index contributed by atoms with van der Waals surface area (Å²) in [4.78, 5) is 45.0. The van der Waals surface area contributed by atoms with Gasteiger partial charge in [-0.25, -0.2) is 13.1 Å². The van der Waals surface area contributed by atoms with E-state index in [1.807, 2.05) is 66.2 Å². The number of nitrogens with one attached hydrogen (secondary N) is 1. The minimum atomic E-state index is -4.65. The highest BCUT2D eigenvalue weighted by atomic mass is 35.5. The maximum absolute atomic E-state index is 13.6. The molecule has 2 amide bonds. The first-order valence-electron chi connectivity index (χ1n) is 19.8. The lowest BCUT2D eigenvalue weighted by Gasteiger charge is -2.37. The Morgan fingerprint density at radius 2 is 1.63 bits per heavy atom. The summed E-state index contributed by atoms with van der Waals surface area (Å²) in [6, 6.07) is 26.5. The fraction of sp³-hybridized carbons (Fsp3) is 0.364. The van der Waals surface area contributed by atoms with Crippen LogP contribution in [0.2, 0.25) is 5.02 Å². The molecule has 59 heavy (non-hydrogen) atoms.